The van der Waals surface area contributed by atoms with Crippen LogP contribution in [0.2, 0.25) is 0 Å². The van der Waals surface area contributed by atoms with E-state index < -0.39 is 11.7 Å². The van der Waals surface area contributed by atoms with E-state index in [1.165, 1.54) is 0 Å². The molecule has 0 aliphatic carbocycles. The third-order valence-electron chi connectivity index (χ3n) is 3.15. The Kier molecular flexibility index (Phi) is 4.98. The Morgan fingerprint density at radius 2 is 2.14 bits per heavy atom. The Hall–Kier alpha value is -2.14. The van der Waals surface area contributed by atoms with Gasteiger partial charge in [-0.2, -0.15) is 0 Å². The molecule has 118 valence electrons. The lowest BCUT2D eigenvalue weighted by molar-refractivity contribution is 0.0506. The molecule has 5 heteroatoms. The van der Waals surface area contributed by atoms with Crippen LogP contribution in [-0.4, -0.2) is 29.3 Å². The molecule has 22 heavy (non-hydrogen) atoms. The molecule has 0 saturated heterocycles. The lowest BCUT2D eigenvalue weighted by Gasteiger charge is -2.23. The van der Waals surface area contributed by atoms with Gasteiger partial charge in [0.2, 0.25) is 0 Å². The van der Waals surface area contributed by atoms with Crippen LogP contribution in [0.5, 0.6) is 0 Å². The van der Waals surface area contributed by atoms with Crippen LogP contribution in [0.15, 0.2) is 36.5 Å². The van der Waals surface area contributed by atoms with Crippen LogP contribution in [0.3, 0.4) is 0 Å². The van der Waals surface area contributed by atoms with Gasteiger partial charge in [-0.3, -0.25) is 4.98 Å². The largest absolute Gasteiger partial charge is 0.444 e. The fourth-order valence-corrected chi connectivity index (χ4v) is 2.20. The van der Waals surface area contributed by atoms with E-state index in [0.29, 0.717) is 13.0 Å². The molecule has 0 spiro atoms. The molecule has 0 aliphatic rings. The minimum absolute atomic E-state index is 0.163. The van der Waals surface area contributed by atoms with E-state index in [1.807, 2.05) is 45.0 Å². The average molecular weight is 301 g/mol. The molecule has 1 heterocycles. The first-order chi connectivity index (χ1) is 10.4. The van der Waals surface area contributed by atoms with Crippen LogP contribution >= 0.6 is 0 Å². The summed E-state index contributed by atoms with van der Waals surface area (Å²) in [5, 5.41) is 3.89. The zero-order valence-corrected chi connectivity index (χ0v) is 13.3. The predicted octanol–water partition coefficient (Wildman–Crippen LogP) is 2.63. The summed E-state index contributed by atoms with van der Waals surface area (Å²) in [5.74, 6) is 0. The minimum atomic E-state index is -0.516. The molecule has 1 aromatic heterocycles. The van der Waals surface area contributed by atoms with Crippen molar-refractivity contribution < 1.29 is 9.53 Å². The van der Waals surface area contributed by atoms with Gasteiger partial charge in [0.1, 0.15) is 5.60 Å². The highest BCUT2D eigenvalue weighted by molar-refractivity contribution is 5.79. The highest BCUT2D eigenvalue weighted by Crippen LogP contribution is 2.15. The summed E-state index contributed by atoms with van der Waals surface area (Å²) < 4.78 is 5.26. The number of hydrogen-bond donors (Lipinski definition) is 2. The summed E-state index contributed by atoms with van der Waals surface area (Å²) in [7, 11) is 0. The number of nitrogens with zero attached hydrogens (tertiary/aromatic N) is 1. The normalized spacial score (nSPS) is 12.9. The Labute approximate surface area is 130 Å². The lowest BCUT2D eigenvalue weighted by atomic mass is 10.0. The highest BCUT2D eigenvalue weighted by Gasteiger charge is 2.19. The third kappa shape index (κ3) is 4.70. The van der Waals surface area contributed by atoms with Gasteiger partial charge < -0.3 is 15.8 Å². The standard InChI is InChI=1S/C17H23N3O2/c1-17(2,3)22-16(21)20-14(11-18)10-12-6-7-15-13(9-12)5-4-8-19-15/h4-9,14H,10-11,18H2,1-3H3,(H,20,21). The summed E-state index contributed by atoms with van der Waals surface area (Å²) in [5.41, 5.74) is 7.30. The van der Waals surface area contributed by atoms with Gasteiger partial charge in [0.25, 0.3) is 0 Å². The van der Waals surface area contributed by atoms with Gasteiger partial charge in [0, 0.05) is 24.2 Å². The molecule has 1 unspecified atom stereocenters. The summed E-state index contributed by atoms with van der Waals surface area (Å²) in [6, 6.07) is 9.82. The van der Waals surface area contributed by atoms with Gasteiger partial charge >= 0.3 is 6.09 Å². The third-order valence-corrected chi connectivity index (χ3v) is 3.15. The Bertz CT molecular complexity index is 650. The number of benzene rings is 1. The van der Waals surface area contributed by atoms with Gasteiger partial charge in [-0.05, 0) is 51.0 Å². The van der Waals surface area contributed by atoms with Crippen molar-refractivity contribution in [3.63, 3.8) is 0 Å². The van der Waals surface area contributed by atoms with E-state index in [1.54, 1.807) is 6.20 Å². The average Bonchev–Trinajstić information content (AvgIpc) is 2.44. The summed E-state index contributed by atoms with van der Waals surface area (Å²) >= 11 is 0. The van der Waals surface area contributed by atoms with Crippen molar-refractivity contribution in [2.24, 2.45) is 5.73 Å². The number of nitrogens with one attached hydrogen (secondary N) is 1. The number of amides is 1. The fraction of sp³-hybridized carbons (Fsp3) is 0.412. The molecular formula is C17H23N3O2. The number of hydrogen-bond acceptors (Lipinski definition) is 4. The Morgan fingerprint density at radius 3 is 2.82 bits per heavy atom. The first-order valence-corrected chi connectivity index (χ1v) is 7.40. The van der Waals surface area contributed by atoms with Crippen LogP contribution in [0.25, 0.3) is 10.9 Å². The molecule has 2 rings (SSSR count). The topological polar surface area (TPSA) is 77.2 Å². The van der Waals surface area contributed by atoms with Crippen LogP contribution in [0.4, 0.5) is 4.79 Å². The first kappa shape index (κ1) is 16.2. The van der Waals surface area contributed by atoms with Crippen molar-refractivity contribution in [3.8, 4) is 0 Å². The summed E-state index contributed by atoms with van der Waals surface area (Å²) in [6.07, 6.45) is 1.99. The molecule has 1 amide bonds. The van der Waals surface area contributed by atoms with Gasteiger partial charge in [-0.1, -0.05) is 12.1 Å². The second kappa shape index (κ2) is 6.75. The maximum absolute atomic E-state index is 11.8. The van der Waals surface area contributed by atoms with Crippen molar-refractivity contribution >= 4 is 17.0 Å². The van der Waals surface area contributed by atoms with E-state index in [9.17, 15) is 4.79 Å². The molecule has 0 aliphatic heterocycles. The van der Waals surface area contributed by atoms with E-state index in [0.717, 1.165) is 16.5 Å². The molecule has 1 aromatic carbocycles. The van der Waals surface area contributed by atoms with Crippen LogP contribution in [-0.2, 0) is 11.2 Å². The summed E-state index contributed by atoms with van der Waals surface area (Å²) in [4.78, 5) is 16.1. The zero-order chi connectivity index (χ0) is 16.2. The number of fused-ring (bicyclic) bond motifs is 1. The van der Waals surface area contributed by atoms with Gasteiger partial charge in [-0.15, -0.1) is 0 Å². The number of alkyl carbamates (subject to hydrolysis) is 1. The molecule has 0 bridgehead atoms. The van der Waals surface area contributed by atoms with Crippen molar-refractivity contribution in [3.05, 3.63) is 42.1 Å². The molecule has 0 fully saturated rings. The predicted molar refractivity (Wildman–Crippen MR) is 87.7 cm³/mol. The number of ether oxygens (including phenoxy) is 1. The van der Waals surface area contributed by atoms with E-state index >= 15 is 0 Å². The first-order valence-electron chi connectivity index (χ1n) is 7.40. The van der Waals surface area contributed by atoms with Crippen molar-refractivity contribution in [2.45, 2.75) is 38.8 Å². The molecule has 2 aromatic rings. The molecule has 5 nitrogen and oxygen atoms in total. The minimum Gasteiger partial charge on any atom is -0.444 e. The number of pyridine rings is 1. The number of carbonyl (C=O) groups excluding carboxylic acids is 1. The molecule has 3 N–H and O–H groups in total. The van der Waals surface area contributed by atoms with E-state index in [-0.39, 0.29) is 6.04 Å². The van der Waals surface area contributed by atoms with Gasteiger partial charge in [0.05, 0.1) is 5.52 Å². The van der Waals surface area contributed by atoms with Crippen LogP contribution in [0, 0.1) is 0 Å². The number of aromatic nitrogens is 1. The number of rotatable bonds is 4. The maximum atomic E-state index is 11.8. The van der Waals surface area contributed by atoms with E-state index in [2.05, 4.69) is 16.4 Å². The molecular weight excluding hydrogens is 278 g/mol. The number of nitrogens with two attached hydrogens (primary N) is 1. The highest BCUT2D eigenvalue weighted by atomic mass is 16.6. The van der Waals surface area contributed by atoms with Crippen LogP contribution < -0.4 is 11.1 Å². The van der Waals surface area contributed by atoms with Crippen molar-refractivity contribution in [1.82, 2.24) is 10.3 Å². The fourth-order valence-electron chi connectivity index (χ4n) is 2.20. The molecule has 0 radical (unpaired) electrons. The zero-order valence-electron chi connectivity index (χ0n) is 13.3. The quantitative estimate of drug-likeness (QED) is 0.910. The summed E-state index contributed by atoms with van der Waals surface area (Å²) in [6.45, 7) is 5.85. The lowest BCUT2D eigenvalue weighted by Crippen LogP contribution is -2.44. The van der Waals surface area contributed by atoms with E-state index in [4.69, 9.17) is 10.5 Å². The second-order valence-electron chi connectivity index (χ2n) is 6.31. The number of carbonyl (C=O) groups is 1. The molecule has 1 atom stereocenters. The van der Waals surface area contributed by atoms with Crippen LogP contribution in [0.1, 0.15) is 26.3 Å². The molecule has 0 saturated carbocycles. The smallest absolute Gasteiger partial charge is 0.407 e. The second-order valence-corrected chi connectivity index (χ2v) is 6.31. The monoisotopic (exact) mass is 301 g/mol. The maximum Gasteiger partial charge on any atom is 0.407 e. The van der Waals surface area contributed by atoms with Crippen molar-refractivity contribution in [2.75, 3.05) is 6.54 Å². The van der Waals surface area contributed by atoms with Gasteiger partial charge in [-0.25, -0.2) is 4.79 Å². The van der Waals surface area contributed by atoms with Crippen molar-refractivity contribution in [1.29, 1.82) is 0 Å². The SMILES string of the molecule is CC(C)(C)OC(=O)NC(CN)Cc1ccc2ncccc2c1. The Balaban J connectivity index is 2.03. The van der Waals surface area contributed by atoms with Gasteiger partial charge in [0.15, 0.2) is 0 Å². The Morgan fingerprint density at radius 1 is 1.36 bits per heavy atom.